The zero-order chi connectivity index (χ0) is 15.6. The molecule has 2 rings (SSSR count). The van der Waals surface area contributed by atoms with Crippen LogP contribution < -0.4 is 5.32 Å². The fraction of sp³-hybridized carbons (Fsp3) is 0.471. The van der Waals surface area contributed by atoms with Gasteiger partial charge in [0, 0.05) is 25.7 Å². The summed E-state index contributed by atoms with van der Waals surface area (Å²) in [6, 6.07) is 6.16. The first-order valence-electron chi connectivity index (χ1n) is 7.75. The van der Waals surface area contributed by atoms with Crippen LogP contribution in [0, 0.1) is 5.82 Å². The molecule has 1 aliphatic rings. The third kappa shape index (κ3) is 6.37. The second-order valence-electron chi connectivity index (χ2n) is 5.34. The molecule has 0 atom stereocenters. The van der Waals surface area contributed by atoms with Gasteiger partial charge in [-0.15, -0.1) is 0 Å². The van der Waals surface area contributed by atoms with E-state index in [9.17, 15) is 9.18 Å². The lowest BCUT2D eigenvalue weighted by atomic mass is 10.2. The summed E-state index contributed by atoms with van der Waals surface area (Å²) in [4.78, 5) is 14.0. The van der Waals surface area contributed by atoms with Gasteiger partial charge in [-0.25, -0.2) is 4.39 Å². The Hall–Kier alpha value is -1.72. The minimum atomic E-state index is -0.300. The molecule has 1 fully saturated rings. The number of nitrogens with one attached hydrogen (secondary N) is 1. The van der Waals surface area contributed by atoms with Crippen LogP contribution in [0.25, 0.3) is 6.08 Å². The largest absolute Gasteiger partial charge is 0.379 e. The van der Waals surface area contributed by atoms with Crippen LogP contribution in [0.5, 0.6) is 0 Å². The molecule has 1 aliphatic heterocycles. The number of nitrogens with zero attached hydrogens (tertiary/aromatic N) is 1. The fourth-order valence-corrected chi connectivity index (χ4v) is 2.34. The molecule has 1 aromatic rings. The number of hydrogen-bond acceptors (Lipinski definition) is 3. The highest BCUT2D eigenvalue weighted by Crippen LogP contribution is 2.05. The van der Waals surface area contributed by atoms with Gasteiger partial charge in [-0.1, -0.05) is 12.1 Å². The number of carbonyl (C=O) groups is 1. The van der Waals surface area contributed by atoms with Crippen molar-refractivity contribution in [3.8, 4) is 0 Å². The Labute approximate surface area is 131 Å². The predicted molar refractivity (Wildman–Crippen MR) is 84.9 cm³/mol. The molecule has 0 bridgehead atoms. The molecule has 5 heteroatoms. The van der Waals surface area contributed by atoms with Crippen LogP contribution in [-0.4, -0.2) is 50.2 Å². The molecular formula is C17H23FN2O2. The molecule has 120 valence electrons. The molecule has 0 aromatic heterocycles. The van der Waals surface area contributed by atoms with Gasteiger partial charge >= 0.3 is 0 Å². The first-order valence-corrected chi connectivity index (χ1v) is 7.75. The van der Waals surface area contributed by atoms with E-state index >= 15 is 0 Å². The van der Waals surface area contributed by atoms with E-state index in [-0.39, 0.29) is 11.7 Å². The standard InChI is InChI=1S/C17H23FN2O2/c18-16-5-3-4-15(14-16)6-7-17(21)19-8-1-2-9-20-10-12-22-13-11-20/h3-7,14H,1-2,8-13H2,(H,19,21). The maximum absolute atomic E-state index is 13.0. The van der Waals surface area contributed by atoms with Crippen molar-refractivity contribution < 1.29 is 13.9 Å². The van der Waals surface area contributed by atoms with Crippen LogP contribution in [0.4, 0.5) is 4.39 Å². The van der Waals surface area contributed by atoms with Crippen molar-refractivity contribution in [2.45, 2.75) is 12.8 Å². The van der Waals surface area contributed by atoms with Crippen LogP contribution in [0.2, 0.25) is 0 Å². The summed E-state index contributed by atoms with van der Waals surface area (Å²) in [5, 5.41) is 2.84. The van der Waals surface area contributed by atoms with Gasteiger partial charge in [-0.2, -0.15) is 0 Å². The predicted octanol–water partition coefficient (Wildman–Crippen LogP) is 2.07. The van der Waals surface area contributed by atoms with Crippen LogP contribution in [0.15, 0.2) is 30.3 Å². The number of hydrogen-bond donors (Lipinski definition) is 1. The second kappa shape index (κ2) is 9.33. The van der Waals surface area contributed by atoms with Gasteiger partial charge in [0.1, 0.15) is 5.82 Å². The zero-order valence-electron chi connectivity index (χ0n) is 12.8. The molecule has 1 heterocycles. The van der Waals surface area contributed by atoms with Gasteiger partial charge in [0.15, 0.2) is 0 Å². The zero-order valence-corrected chi connectivity index (χ0v) is 12.8. The fourth-order valence-electron chi connectivity index (χ4n) is 2.34. The third-order valence-corrected chi connectivity index (χ3v) is 3.58. The molecule has 0 saturated carbocycles. The molecule has 1 N–H and O–H groups in total. The number of benzene rings is 1. The lowest BCUT2D eigenvalue weighted by Crippen LogP contribution is -2.37. The quantitative estimate of drug-likeness (QED) is 0.619. The molecular weight excluding hydrogens is 283 g/mol. The number of morpholine rings is 1. The van der Waals surface area contributed by atoms with Crippen molar-refractivity contribution in [2.75, 3.05) is 39.4 Å². The van der Waals surface area contributed by atoms with Crippen molar-refractivity contribution in [3.05, 3.63) is 41.7 Å². The van der Waals surface area contributed by atoms with Gasteiger partial charge in [0.2, 0.25) is 5.91 Å². The average molecular weight is 306 g/mol. The molecule has 1 amide bonds. The van der Waals surface area contributed by atoms with Crippen molar-refractivity contribution >= 4 is 12.0 Å². The normalized spacial score (nSPS) is 16.0. The highest BCUT2D eigenvalue weighted by molar-refractivity contribution is 5.91. The van der Waals surface area contributed by atoms with E-state index in [2.05, 4.69) is 10.2 Å². The number of amides is 1. The highest BCUT2D eigenvalue weighted by Gasteiger charge is 2.08. The van der Waals surface area contributed by atoms with Gasteiger partial charge in [0.25, 0.3) is 0 Å². The number of ether oxygens (including phenoxy) is 1. The Morgan fingerprint density at radius 3 is 2.91 bits per heavy atom. The summed E-state index contributed by atoms with van der Waals surface area (Å²) < 4.78 is 18.3. The van der Waals surface area contributed by atoms with Crippen LogP contribution >= 0.6 is 0 Å². The lowest BCUT2D eigenvalue weighted by molar-refractivity contribution is -0.116. The molecule has 0 spiro atoms. The third-order valence-electron chi connectivity index (χ3n) is 3.58. The van der Waals surface area contributed by atoms with Crippen molar-refractivity contribution in [2.24, 2.45) is 0 Å². The SMILES string of the molecule is O=C(C=Cc1cccc(F)c1)NCCCCN1CCOCC1. The van der Waals surface area contributed by atoms with E-state index < -0.39 is 0 Å². The summed E-state index contributed by atoms with van der Waals surface area (Å²) in [5.41, 5.74) is 0.683. The van der Waals surface area contributed by atoms with Crippen LogP contribution in [-0.2, 0) is 9.53 Å². The monoisotopic (exact) mass is 306 g/mol. The maximum atomic E-state index is 13.0. The Kier molecular flexibility index (Phi) is 7.06. The first kappa shape index (κ1) is 16.6. The van der Waals surface area contributed by atoms with Crippen molar-refractivity contribution in [3.63, 3.8) is 0 Å². The molecule has 0 radical (unpaired) electrons. The van der Waals surface area contributed by atoms with Gasteiger partial charge in [0.05, 0.1) is 13.2 Å². The van der Waals surface area contributed by atoms with Gasteiger partial charge in [-0.05, 0) is 43.2 Å². The first-order chi connectivity index (χ1) is 10.7. The number of unbranched alkanes of at least 4 members (excludes halogenated alkanes) is 1. The summed E-state index contributed by atoms with van der Waals surface area (Å²) >= 11 is 0. The summed E-state index contributed by atoms with van der Waals surface area (Å²) in [6.07, 6.45) is 5.08. The summed E-state index contributed by atoms with van der Waals surface area (Å²) in [7, 11) is 0. The van der Waals surface area contributed by atoms with E-state index in [0.29, 0.717) is 12.1 Å². The number of rotatable bonds is 7. The smallest absolute Gasteiger partial charge is 0.243 e. The molecule has 1 saturated heterocycles. The Bertz CT molecular complexity index is 499. The number of halogens is 1. The highest BCUT2D eigenvalue weighted by atomic mass is 19.1. The molecule has 0 unspecified atom stereocenters. The Balaban J connectivity index is 1.57. The molecule has 1 aromatic carbocycles. The van der Waals surface area contributed by atoms with Crippen LogP contribution in [0.3, 0.4) is 0 Å². The lowest BCUT2D eigenvalue weighted by Gasteiger charge is -2.26. The summed E-state index contributed by atoms with van der Waals surface area (Å²) in [6.45, 7) is 5.36. The van der Waals surface area contributed by atoms with Crippen LogP contribution in [0.1, 0.15) is 18.4 Å². The Morgan fingerprint density at radius 2 is 2.14 bits per heavy atom. The van der Waals surface area contributed by atoms with Gasteiger partial charge in [-0.3, -0.25) is 9.69 Å². The van der Waals surface area contributed by atoms with Gasteiger partial charge < -0.3 is 10.1 Å². The van der Waals surface area contributed by atoms with Crippen molar-refractivity contribution in [1.82, 2.24) is 10.2 Å². The average Bonchev–Trinajstić information content (AvgIpc) is 2.54. The van der Waals surface area contributed by atoms with E-state index in [1.54, 1.807) is 18.2 Å². The molecule has 0 aliphatic carbocycles. The Morgan fingerprint density at radius 1 is 1.32 bits per heavy atom. The number of carbonyl (C=O) groups excluding carboxylic acids is 1. The summed E-state index contributed by atoms with van der Waals surface area (Å²) in [5.74, 6) is -0.443. The molecule has 22 heavy (non-hydrogen) atoms. The van der Waals surface area contributed by atoms with E-state index in [4.69, 9.17) is 4.74 Å². The van der Waals surface area contributed by atoms with E-state index in [1.165, 1.54) is 18.2 Å². The van der Waals surface area contributed by atoms with Crippen molar-refractivity contribution in [1.29, 1.82) is 0 Å². The minimum absolute atomic E-state index is 0.143. The van der Waals surface area contributed by atoms with E-state index in [0.717, 1.165) is 45.7 Å². The minimum Gasteiger partial charge on any atom is -0.379 e. The molecule has 4 nitrogen and oxygen atoms in total. The topological polar surface area (TPSA) is 41.6 Å². The van der Waals surface area contributed by atoms with E-state index in [1.807, 2.05) is 0 Å². The second-order valence-corrected chi connectivity index (χ2v) is 5.34. The maximum Gasteiger partial charge on any atom is 0.243 e.